The van der Waals surface area contributed by atoms with Crippen molar-refractivity contribution in [1.29, 1.82) is 0 Å². The van der Waals surface area contributed by atoms with Gasteiger partial charge < -0.3 is 9.88 Å². The summed E-state index contributed by atoms with van der Waals surface area (Å²) in [6.07, 6.45) is -3.16. The number of carbonyl (C=O) groups is 1. The summed E-state index contributed by atoms with van der Waals surface area (Å²) in [5.41, 5.74) is -0.557. The third kappa shape index (κ3) is 5.22. The molecule has 2 aromatic heterocycles. The van der Waals surface area contributed by atoms with E-state index in [2.05, 4.69) is 4.98 Å². The van der Waals surface area contributed by atoms with Crippen LogP contribution in [0.25, 0.3) is 11.2 Å². The number of halogens is 3. The number of imidazole rings is 1. The number of rotatable bonds is 7. The average molecular weight is 437 g/mol. The van der Waals surface area contributed by atoms with Crippen molar-refractivity contribution in [1.82, 2.24) is 24.0 Å². The van der Waals surface area contributed by atoms with Gasteiger partial charge in [0.05, 0.1) is 12.9 Å². The number of amides is 1. The number of benzene rings is 1. The molecule has 3 rings (SSSR count). The first-order chi connectivity index (χ1) is 14.6. The van der Waals surface area contributed by atoms with E-state index in [0.29, 0.717) is 11.1 Å². The van der Waals surface area contributed by atoms with Crippen LogP contribution >= 0.6 is 0 Å². The zero-order chi connectivity index (χ0) is 22.8. The Morgan fingerprint density at radius 3 is 2.42 bits per heavy atom. The molecule has 8 nitrogen and oxygen atoms in total. The lowest BCUT2D eigenvalue weighted by atomic mass is 10.2. The topological polar surface area (TPSA) is 90.9 Å². The SMILES string of the molecule is CC(C)Cn1cnc2c1c(=O)n(CC(=O)NCC(F)(F)F)c(=O)n2Cc1ccccc1. The number of aromatic nitrogens is 4. The molecule has 1 aromatic carbocycles. The average Bonchev–Trinajstić information content (AvgIpc) is 3.10. The van der Waals surface area contributed by atoms with Crippen LogP contribution in [0.15, 0.2) is 46.2 Å². The Kier molecular flexibility index (Phi) is 6.32. The molecular formula is C20H22F3N5O3. The van der Waals surface area contributed by atoms with E-state index in [1.165, 1.54) is 10.9 Å². The third-order valence-electron chi connectivity index (χ3n) is 4.52. The minimum absolute atomic E-state index is 0.0827. The van der Waals surface area contributed by atoms with Gasteiger partial charge in [0, 0.05) is 6.54 Å². The van der Waals surface area contributed by atoms with Crippen LogP contribution in [-0.4, -0.2) is 37.3 Å². The fraction of sp³-hybridized carbons (Fsp3) is 0.400. The molecule has 0 aliphatic carbocycles. The van der Waals surface area contributed by atoms with Gasteiger partial charge in [0.1, 0.15) is 13.1 Å². The molecule has 0 bridgehead atoms. The predicted octanol–water partition coefficient (Wildman–Crippen LogP) is 1.74. The number of fused-ring (bicyclic) bond motifs is 1. The van der Waals surface area contributed by atoms with E-state index in [-0.39, 0.29) is 23.6 Å². The highest BCUT2D eigenvalue weighted by Crippen LogP contribution is 2.13. The van der Waals surface area contributed by atoms with Crippen LogP contribution in [0.2, 0.25) is 0 Å². The van der Waals surface area contributed by atoms with Crippen molar-refractivity contribution in [3.05, 3.63) is 63.1 Å². The molecule has 11 heteroatoms. The van der Waals surface area contributed by atoms with E-state index in [4.69, 9.17) is 0 Å². The van der Waals surface area contributed by atoms with Crippen LogP contribution in [0.4, 0.5) is 13.2 Å². The smallest absolute Gasteiger partial charge is 0.345 e. The molecule has 31 heavy (non-hydrogen) atoms. The summed E-state index contributed by atoms with van der Waals surface area (Å²) in [6, 6.07) is 8.96. The van der Waals surface area contributed by atoms with Crippen molar-refractivity contribution in [2.24, 2.45) is 5.92 Å². The first-order valence-corrected chi connectivity index (χ1v) is 9.62. The Balaban J connectivity index is 2.11. The van der Waals surface area contributed by atoms with Crippen molar-refractivity contribution in [2.75, 3.05) is 6.54 Å². The van der Waals surface area contributed by atoms with Crippen LogP contribution in [0.5, 0.6) is 0 Å². The molecule has 0 radical (unpaired) electrons. The van der Waals surface area contributed by atoms with Crippen molar-refractivity contribution >= 4 is 17.1 Å². The summed E-state index contributed by atoms with van der Waals surface area (Å²) in [5, 5.41) is 1.69. The maximum absolute atomic E-state index is 13.1. The fourth-order valence-corrected chi connectivity index (χ4v) is 3.22. The molecule has 0 unspecified atom stereocenters. The molecule has 0 fully saturated rings. The summed E-state index contributed by atoms with van der Waals surface area (Å²) in [7, 11) is 0. The molecule has 0 aliphatic heterocycles. The second kappa shape index (κ2) is 8.78. The van der Waals surface area contributed by atoms with E-state index in [9.17, 15) is 27.6 Å². The molecule has 0 saturated carbocycles. The molecule has 0 aliphatic rings. The normalized spacial score (nSPS) is 11.9. The second-order valence-electron chi connectivity index (χ2n) is 7.60. The van der Waals surface area contributed by atoms with Crippen molar-refractivity contribution < 1.29 is 18.0 Å². The first-order valence-electron chi connectivity index (χ1n) is 9.62. The predicted molar refractivity (Wildman–Crippen MR) is 108 cm³/mol. The molecule has 0 spiro atoms. The number of carbonyl (C=O) groups excluding carboxylic acids is 1. The van der Waals surface area contributed by atoms with E-state index in [1.54, 1.807) is 34.1 Å². The maximum atomic E-state index is 13.1. The molecule has 0 saturated heterocycles. The van der Waals surface area contributed by atoms with Gasteiger partial charge in [0.25, 0.3) is 5.56 Å². The van der Waals surface area contributed by atoms with Crippen LogP contribution < -0.4 is 16.6 Å². The summed E-state index contributed by atoms with van der Waals surface area (Å²) in [4.78, 5) is 42.4. The number of alkyl halides is 3. The van der Waals surface area contributed by atoms with Gasteiger partial charge in [0.15, 0.2) is 11.2 Å². The summed E-state index contributed by atoms with van der Waals surface area (Å²) in [6.45, 7) is 2.02. The molecule has 0 atom stereocenters. The van der Waals surface area contributed by atoms with Gasteiger partial charge in [-0.2, -0.15) is 13.2 Å². The van der Waals surface area contributed by atoms with E-state index in [0.717, 1.165) is 5.56 Å². The van der Waals surface area contributed by atoms with E-state index < -0.39 is 36.4 Å². The van der Waals surface area contributed by atoms with Crippen LogP contribution in [0, 0.1) is 5.92 Å². The lowest BCUT2D eigenvalue weighted by Gasteiger charge is -2.14. The Morgan fingerprint density at radius 1 is 1.13 bits per heavy atom. The summed E-state index contributed by atoms with van der Waals surface area (Å²) >= 11 is 0. The number of hydrogen-bond donors (Lipinski definition) is 1. The van der Waals surface area contributed by atoms with Crippen molar-refractivity contribution in [2.45, 2.75) is 39.7 Å². The minimum atomic E-state index is -4.60. The number of nitrogens with zero attached hydrogens (tertiary/aromatic N) is 4. The standard InChI is InChI=1S/C20H22F3N5O3/c1-13(2)8-26-12-25-17-16(26)18(30)28(10-15(29)24-11-20(21,22)23)19(31)27(17)9-14-6-4-3-5-7-14/h3-7,12-13H,8-11H2,1-2H3,(H,24,29). The lowest BCUT2D eigenvalue weighted by molar-refractivity contribution is -0.138. The molecule has 166 valence electrons. The number of nitrogens with one attached hydrogen (secondary N) is 1. The van der Waals surface area contributed by atoms with Crippen molar-refractivity contribution in [3.8, 4) is 0 Å². The van der Waals surface area contributed by atoms with Gasteiger partial charge in [-0.1, -0.05) is 44.2 Å². The van der Waals surface area contributed by atoms with Gasteiger partial charge in [-0.15, -0.1) is 0 Å². The van der Waals surface area contributed by atoms with Crippen LogP contribution in [0.1, 0.15) is 19.4 Å². The van der Waals surface area contributed by atoms with E-state index in [1.807, 2.05) is 19.9 Å². The highest BCUT2D eigenvalue weighted by Gasteiger charge is 2.28. The highest BCUT2D eigenvalue weighted by atomic mass is 19.4. The molecule has 1 N–H and O–H groups in total. The Labute approximate surface area is 174 Å². The zero-order valence-corrected chi connectivity index (χ0v) is 17.0. The number of hydrogen-bond acceptors (Lipinski definition) is 4. The van der Waals surface area contributed by atoms with Gasteiger partial charge in [0.2, 0.25) is 5.91 Å². The minimum Gasteiger partial charge on any atom is -0.345 e. The second-order valence-corrected chi connectivity index (χ2v) is 7.60. The quantitative estimate of drug-likeness (QED) is 0.610. The van der Waals surface area contributed by atoms with E-state index >= 15 is 0 Å². The Morgan fingerprint density at radius 2 is 1.81 bits per heavy atom. The largest absolute Gasteiger partial charge is 0.405 e. The van der Waals surface area contributed by atoms with Gasteiger partial charge in [-0.3, -0.25) is 14.2 Å². The van der Waals surface area contributed by atoms with Crippen molar-refractivity contribution in [3.63, 3.8) is 0 Å². The highest BCUT2D eigenvalue weighted by molar-refractivity contribution is 5.76. The van der Waals surface area contributed by atoms with Gasteiger partial charge in [-0.25, -0.2) is 14.3 Å². The Hall–Kier alpha value is -3.37. The third-order valence-corrected chi connectivity index (χ3v) is 4.52. The van der Waals surface area contributed by atoms with Gasteiger partial charge >= 0.3 is 11.9 Å². The van der Waals surface area contributed by atoms with Crippen LogP contribution in [0.3, 0.4) is 0 Å². The summed E-state index contributed by atoms with van der Waals surface area (Å²) < 4.78 is 40.7. The fourth-order valence-electron chi connectivity index (χ4n) is 3.22. The first kappa shape index (κ1) is 22.3. The molecule has 3 aromatic rings. The summed E-state index contributed by atoms with van der Waals surface area (Å²) in [5.74, 6) is -0.924. The Bertz CT molecular complexity index is 1190. The van der Waals surface area contributed by atoms with Crippen LogP contribution in [-0.2, 0) is 24.4 Å². The molecular weight excluding hydrogens is 415 g/mol. The molecule has 2 heterocycles. The lowest BCUT2D eigenvalue weighted by Crippen LogP contribution is -2.45. The van der Waals surface area contributed by atoms with Gasteiger partial charge in [-0.05, 0) is 11.5 Å². The zero-order valence-electron chi connectivity index (χ0n) is 17.0. The molecule has 1 amide bonds. The monoisotopic (exact) mass is 437 g/mol. The maximum Gasteiger partial charge on any atom is 0.405 e.